The van der Waals surface area contributed by atoms with Gasteiger partial charge in [-0.25, -0.2) is 0 Å². The van der Waals surface area contributed by atoms with Crippen LogP contribution < -0.4 is 15.2 Å². The highest BCUT2D eigenvalue weighted by atomic mass is 35.5. The van der Waals surface area contributed by atoms with E-state index in [9.17, 15) is 0 Å². The van der Waals surface area contributed by atoms with Crippen molar-refractivity contribution in [2.75, 3.05) is 27.4 Å². The first kappa shape index (κ1) is 16.0. The molecule has 2 aromatic rings. The number of ether oxygens (including phenoxy) is 3. The van der Waals surface area contributed by atoms with Gasteiger partial charge in [0, 0.05) is 18.8 Å². The highest BCUT2D eigenvalue weighted by Crippen LogP contribution is 2.39. The zero-order valence-corrected chi connectivity index (χ0v) is 13.7. The van der Waals surface area contributed by atoms with E-state index in [-0.39, 0.29) is 0 Å². The molecule has 124 valence electrons. The molecule has 0 radical (unpaired) electrons. The lowest BCUT2D eigenvalue weighted by Crippen LogP contribution is -2.42. The molecule has 0 unspecified atom stereocenters. The average molecular weight is 340 g/mol. The number of benzene rings is 1. The van der Waals surface area contributed by atoms with Crippen molar-refractivity contribution in [1.82, 2.24) is 10.1 Å². The van der Waals surface area contributed by atoms with Crippen LogP contribution in [0.15, 0.2) is 16.7 Å². The van der Waals surface area contributed by atoms with Crippen LogP contribution in [0.2, 0.25) is 5.02 Å². The summed E-state index contributed by atoms with van der Waals surface area (Å²) in [5, 5.41) is 4.42. The van der Waals surface area contributed by atoms with Gasteiger partial charge in [0.25, 0.3) is 0 Å². The van der Waals surface area contributed by atoms with Gasteiger partial charge < -0.3 is 24.5 Å². The number of nitrogens with two attached hydrogens (primary N) is 1. The van der Waals surface area contributed by atoms with Crippen LogP contribution >= 0.6 is 11.6 Å². The maximum Gasteiger partial charge on any atom is 0.247 e. The quantitative estimate of drug-likeness (QED) is 0.913. The molecule has 0 aliphatic carbocycles. The number of hydrogen-bond acceptors (Lipinski definition) is 7. The Hall–Kier alpha value is -1.83. The van der Waals surface area contributed by atoms with E-state index in [1.54, 1.807) is 12.1 Å². The first-order valence-corrected chi connectivity index (χ1v) is 7.58. The van der Waals surface area contributed by atoms with Gasteiger partial charge >= 0.3 is 0 Å². The molecule has 1 fully saturated rings. The molecule has 23 heavy (non-hydrogen) atoms. The van der Waals surface area contributed by atoms with Crippen molar-refractivity contribution in [3.8, 4) is 22.9 Å². The summed E-state index contributed by atoms with van der Waals surface area (Å²) in [4.78, 5) is 4.43. The Kier molecular flexibility index (Phi) is 4.43. The van der Waals surface area contributed by atoms with E-state index < -0.39 is 5.54 Å². The van der Waals surface area contributed by atoms with Crippen molar-refractivity contribution in [3.63, 3.8) is 0 Å². The first-order chi connectivity index (χ1) is 11.1. The highest BCUT2D eigenvalue weighted by Gasteiger charge is 2.36. The predicted octanol–water partition coefficient (Wildman–Crippen LogP) is 2.37. The molecule has 1 aromatic heterocycles. The Balaban J connectivity index is 1.95. The Morgan fingerprint density at radius 1 is 1.22 bits per heavy atom. The lowest BCUT2D eigenvalue weighted by molar-refractivity contribution is 0.0400. The fraction of sp³-hybridized carbons (Fsp3) is 0.467. The molecule has 0 amide bonds. The summed E-state index contributed by atoms with van der Waals surface area (Å²) in [5.41, 5.74) is 6.37. The van der Waals surface area contributed by atoms with Crippen LogP contribution in [0.1, 0.15) is 18.7 Å². The summed E-state index contributed by atoms with van der Waals surface area (Å²) in [6.45, 7) is 1.16. The van der Waals surface area contributed by atoms with Gasteiger partial charge in [0.15, 0.2) is 11.5 Å². The largest absolute Gasteiger partial charge is 0.493 e. The number of hydrogen-bond donors (Lipinski definition) is 1. The molecular formula is C15H18ClN3O4. The van der Waals surface area contributed by atoms with E-state index in [1.807, 2.05) is 0 Å². The minimum atomic E-state index is -0.649. The van der Waals surface area contributed by atoms with Gasteiger partial charge in [0.05, 0.1) is 19.2 Å². The molecule has 2 heterocycles. The molecule has 1 saturated heterocycles. The SMILES string of the molecule is COc1cc(-c2noc(C3(N)CCOCC3)n2)cc(Cl)c1OC. The number of halogens is 1. The summed E-state index contributed by atoms with van der Waals surface area (Å²) in [6, 6.07) is 3.44. The van der Waals surface area contributed by atoms with E-state index >= 15 is 0 Å². The number of rotatable bonds is 4. The van der Waals surface area contributed by atoms with Gasteiger partial charge in [-0.3, -0.25) is 0 Å². The maximum atomic E-state index is 6.36. The third-order valence-electron chi connectivity index (χ3n) is 3.93. The molecule has 3 rings (SSSR count). The third-order valence-corrected chi connectivity index (χ3v) is 4.21. The normalized spacial score (nSPS) is 17.0. The Morgan fingerprint density at radius 2 is 1.96 bits per heavy atom. The minimum Gasteiger partial charge on any atom is -0.493 e. The topological polar surface area (TPSA) is 92.6 Å². The number of nitrogens with zero attached hydrogens (tertiary/aromatic N) is 2. The van der Waals surface area contributed by atoms with Crippen LogP contribution in [0, 0.1) is 0 Å². The van der Waals surface area contributed by atoms with Crippen LogP contribution in [-0.2, 0) is 10.3 Å². The standard InChI is InChI=1S/C15H18ClN3O4/c1-20-11-8-9(7-10(16)12(11)21-2)13-18-14(23-19-13)15(17)3-5-22-6-4-15/h7-8H,3-6,17H2,1-2H3. The Labute approximate surface area is 138 Å². The van der Waals surface area contributed by atoms with Gasteiger partial charge in [0.2, 0.25) is 11.7 Å². The van der Waals surface area contributed by atoms with E-state index in [1.165, 1.54) is 14.2 Å². The van der Waals surface area contributed by atoms with E-state index in [2.05, 4.69) is 10.1 Å². The Bertz CT molecular complexity index is 698. The van der Waals surface area contributed by atoms with Crippen molar-refractivity contribution in [3.05, 3.63) is 23.0 Å². The average Bonchev–Trinajstić information content (AvgIpc) is 3.05. The molecule has 2 N–H and O–H groups in total. The monoisotopic (exact) mass is 339 g/mol. The molecular weight excluding hydrogens is 322 g/mol. The maximum absolute atomic E-state index is 6.36. The smallest absolute Gasteiger partial charge is 0.247 e. The van der Waals surface area contributed by atoms with Gasteiger partial charge in [-0.1, -0.05) is 16.8 Å². The van der Waals surface area contributed by atoms with Crippen molar-refractivity contribution in [1.29, 1.82) is 0 Å². The first-order valence-electron chi connectivity index (χ1n) is 7.20. The summed E-state index contributed by atoms with van der Waals surface area (Å²) < 4.78 is 21.2. The van der Waals surface area contributed by atoms with E-state index in [4.69, 9.17) is 36.1 Å². The van der Waals surface area contributed by atoms with E-state index in [0.29, 0.717) is 59.9 Å². The molecule has 0 atom stereocenters. The number of methoxy groups -OCH3 is 2. The number of aromatic nitrogens is 2. The molecule has 1 aliphatic heterocycles. The lowest BCUT2D eigenvalue weighted by Gasteiger charge is -2.29. The summed E-state index contributed by atoms with van der Waals surface area (Å²) >= 11 is 6.21. The van der Waals surface area contributed by atoms with Crippen LogP contribution in [0.4, 0.5) is 0 Å². The van der Waals surface area contributed by atoms with Crippen LogP contribution in [0.25, 0.3) is 11.4 Å². The zero-order valence-electron chi connectivity index (χ0n) is 13.0. The summed E-state index contributed by atoms with van der Waals surface area (Å²) in [7, 11) is 3.07. The van der Waals surface area contributed by atoms with Crippen molar-refractivity contribution in [2.24, 2.45) is 5.73 Å². The van der Waals surface area contributed by atoms with Crippen LogP contribution in [-0.4, -0.2) is 37.6 Å². The fourth-order valence-electron chi connectivity index (χ4n) is 2.54. The third kappa shape index (κ3) is 2.99. The molecule has 7 nitrogen and oxygen atoms in total. The molecule has 8 heteroatoms. The highest BCUT2D eigenvalue weighted by molar-refractivity contribution is 6.32. The van der Waals surface area contributed by atoms with Gasteiger partial charge in [0.1, 0.15) is 5.54 Å². The second-order valence-corrected chi connectivity index (χ2v) is 5.79. The Morgan fingerprint density at radius 3 is 2.61 bits per heavy atom. The van der Waals surface area contributed by atoms with Gasteiger partial charge in [-0.15, -0.1) is 0 Å². The molecule has 0 bridgehead atoms. The van der Waals surface area contributed by atoms with Crippen molar-refractivity contribution >= 4 is 11.6 Å². The summed E-state index contributed by atoms with van der Waals surface area (Å²) in [6.07, 6.45) is 1.28. The van der Waals surface area contributed by atoms with Crippen LogP contribution in [0.5, 0.6) is 11.5 Å². The second kappa shape index (κ2) is 6.35. The summed E-state index contributed by atoms with van der Waals surface area (Å²) in [5.74, 6) is 1.76. The fourth-order valence-corrected chi connectivity index (χ4v) is 2.83. The minimum absolute atomic E-state index is 0.402. The zero-order chi connectivity index (χ0) is 16.4. The predicted molar refractivity (Wildman–Crippen MR) is 83.8 cm³/mol. The lowest BCUT2D eigenvalue weighted by atomic mass is 9.91. The van der Waals surface area contributed by atoms with Crippen molar-refractivity contribution < 1.29 is 18.7 Å². The molecule has 0 saturated carbocycles. The van der Waals surface area contributed by atoms with Crippen molar-refractivity contribution in [2.45, 2.75) is 18.4 Å². The van der Waals surface area contributed by atoms with Gasteiger partial charge in [-0.05, 0) is 25.0 Å². The molecule has 0 spiro atoms. The second-order valence-electron chi connectivity index (χ2n) is 5.39. The van der Waals surface area contributed by atoms with Gasteiger partial charge in [-0.2, -0.15) is 4.98 Å². The molecule has 1 aromatic carbocycles. The molecule has 1 aliphatic rings. The van der Waals surface area contributed by atoms with E-state index in [0.717, 1.165) is 0 Å². The van der Waals surface area contributed by atoms with Crippen LogP contribution in [0.3, 0.4) is 0 Å².